The van der Waals surface area contributed by atoms with Crippen LogP contribution in [0, 0.1) is 0 Å². The maximum Gasteiger partial charge on any atom is 0.262 e. The van der Waals surface area contributed by atoms with Crippen LogP contribution in [0.4, 0.5) is 0 Å². The standard InChI is InChI=1S/C16H14ClN3OS/c17-10-6-4-9(5-7-10)11-2-1-3-13-12(11)8-14(22-13)15(21)20-16(18)19/h1-7,14H,8H2,(H4,18,19,20,21). The molecule has 1 heterocycles. The number of rotatable bonds is 2. The molecule has 2 aromatic carbocycles. The molecule has 0 bridgehead atoms. The van der Waals surface area contributed by atoms with Crippen molar-refractivity contribution in [3.05, 3.63) is 53.1 Å². The van der Waals surface area contributed by atoms with Gasteiger partial charge in [-0.2, -0.15) is 4.99 Å². The quantitative estimate of drug-likeness (QED) is 0.655. The Balaban J connectivity index is 1.94. The molecule has 2 aromatic rings. The largest absolute Gasteiger partial charge is 0.370 e. The molecule has 1 unspecified atom stereocenters. The van der Waals surface area contributed by atoms with E-state index in [1.54, 1.807) is 0 Å². The van der Waals surface area contributed by atoms with Crippen LogP contribution >= 0.6 is 23.4 Å². The first-order valence-corrected chi connectivity index (χ1v) is 7.98. The monoisotopic (exact) mass is 331 g/mol. The molecule has 1 amide bonds. The number of halogens is 1. The molecule has 0 aromatic heterocycles. The lowest BCUT2D eigenvalue weighted by Crippen LogP contribution is -2.27. The van der Waals surface area contributed by atoms with Crippen LogP contribution in [0.15, 0.2) is 52.4 Å². The normalized spacial score (nSPS) is 16.1. The number of amides is 1. The van der Waals surface area contributed by atoms with Gasteiger partial charge in [-0.05, 0) is 41.3 Å². The number of fused-ring (bicyclic) bond motifs is 1. The first-order chi connectivity index (χ1) is 10.5. The second kappa shape index (κ2) is 6.02. The van der Waals surface area contributed by atoms with Crippen molar-refractivity contribution in [2.45, 2.75) is 16.6 Å². The van der Waals surface area contributed by atoms with Crippen molar-refractivity contribution in [1.29, 1.82) is 0 Å². The molecule has 0 spiro atoms. The van der Waals surface area contributed by atoms with Crippen LogP contribution < -0.4 is 11.5 Å². The van der Waals surface area contributed by atoms with Crippen molar-refractivity contribution in [2.75, 3.05) is 0 Å². The molecule has 0 saturated carbocycles. The van der Waals surface area contributed by atoms with Gasteiger partial charge in [-0.1, -0.05) is 35.9 Å². The summed E-state index contributed by atoms with van der Waals surface area (Å²) in [6.07, 6.45) is 0.619. The second-order valence-electron chi connectivity index (χ2n) is 4.97. The van der Waals surface area contributed by atoms with Gasteiger partial charge in [-0.3, -0.25) is 4.79 Å². The Hall–Kier alpha value is -1.98. The van der Waals surface area contributed by atoms with E-state index in [1.807, 2.05) is 36.4 Å². The van der Waals surface area contributed by atoms with Gasteiger partial charge in [0.25, 0.3) is 5.91 Å². The number of benzene rings is 2. The van der Waals surface area contributed by atoms with Gasteiger partial charge in [-0.25, -0.2) is 0 Å². The highest BCUT2D eigenvalue weighted by Gasteiger charge is 2.30. The van der Waals surface area contributed by atoms with E-state index >= 15 is 0 Å². The average Bonchev–Trinajstić information content (AvgIpc) is 2.91. The highest BCUT2D eigenvalue weighted by Crippen LogP contribution is 2.42. The minimum absolute atomic E-state index is 0.195. The summed E-state index contributed by atoms with van der Waals surface area (Å²) in [7, 11) is 0. The molecule has 0 aliphatic carbocycles. The van der Waals surface area contributed by atoms with E-state index in [2.05, 4.69) is 11.1 Å². The van der Waals surface area contributed by atoms with E-state index in [-0.39, 0.29) is 17.1 Å². The van der Waals surface area contributed by atoms with E-state index < -0.39 is 0 Å². The number of nitrogens with two attached hydrogens (primary N) is 2. The average molecular weight is 332 g/mol. The lowest BCUT2D eigenvalue weighted by atomic mass is 9.97. The summed E-state index contributed by atoms with van der Waals surface area (Å²) in [5, 5.41) is 0.428. The molecule has 4 N–H and O–H groups in total. The van der Waals surface area contributed by atoms with Gasteiger partial charge < -0.3 is 11.5 Å². The summed E-state index contributed by atoms with van der Waals surface area (Å²) in [5.74, 6) is -0.484. The fourth-order valence-corrected chi connectivity index (χ4v) is 3.83. The Kier molecular flexibility index (Phi) is 4.09. The molecule has 0 saturated heterocycles. The zero-order valence-electron chi connectivity index (χ0n) is 11.6. The van der Waals surface area contributed by atoms with Crippen LogP contribution in [0.3, 0.4) is 0 Å². The first kappa shape index (κ1) is 14.9. The first-order valence-electron chi connectivity index (χ1n) is 6.72. The van der Waals surface area contributed by atoms with Crippen molar-refractivity contribution in [2.24, 2.45) is 16.5 Å². The molecule has 1 aliphatic heterocycles. The molecular formula is C16H14ClN3OS. The molecule has 4 nitrogen and oxygen atoms in total. The lowest BCUT2D eigenvalue weighted by Gasteiger charge is -2.08. The number of hydrogen-bond acceptors (Lipinski definition) is 2. The van der Waals surface area contributed by atoms with Gasteiger partial charge in [0.05, 0.1) is 5.25 Å². The molecule has 6 heteroatoms. The van der Waals surface area contributed by atoms with Gasteiger partial charge in [0.1, 0.15) is 0 Å². The smallest absolute Gasteiger partial charge is 0.262 e. The molecule has 1 atom stereocenters. The Bertz CT molecular complexity index is 754. The zero-order valence-corrected chi connectivity index (χ0v) is 13.2. The van der Waals surface area contributed by atoms with Crippen molar-refractivity contribution >= 4 is 35.2 Å². The summed E-state index contributed by atoms with van der Waals surface area (Å²) < 4.78 is 0. The van der Waals surface area contributed by atoms with Crippen LogP contribution in [0.1, 0.15) is 5.56 Å². The molecule has 3 rings (SSSR count). The van der Waals surface area contributed by atoms with Gasteiger partial charge in [0, 0.05) is 9.92 Å². The third-order valence-electron chi connectivity index (χ3n) is 3.46. The lowest BCUT2D eigenvalue weighted by molar-refractivity contribution is -0.117. The second-order valence-corrected chi connectivity index (χ2v) is 6.66. The molecule has 1 aliphatic rings. The van der Waals surface area contributed by atoms with Crippen molar-refractivity contribution in [3.8, 4) is 11.1 Å². The highest BCUT2D eigenvalue weighted by molar-refractivity contribution is 8.01. The third kappa shape index (κ3) is 2.96. The van der Waals surface area contributed by atoms with Crippen LogP contribution in [-0.4, -0.2) is 17.1 Å². The number of carbonyl (C=O) groups excluding carboxylic acids is 1. The van der Waals surface area contributed by atoms with Crippen LogP contribution in [-0.2, 0) is 11.2 Å². The zero-order chi connectivity index (χ0) is 15.7. The molecule has 112 valence electrons. The number of thioether (sulfide) groups is 1. The number of hydrogen-bond donors (Lipinski definition) is 2. The van der Waals surface area contributed by atoms with E-state index in [1.165, 1.54) is 11.8 Å². The van der Waals surface area contributed by atoms with Crippen LogP contribution in [0.25, 0.3) is 11.1 Å². The maximum atomic E-state index is 12.0. The number of carbonyl (C=O) groups is 1. The van der Waals surface area contributed by atoms with Gasteiger partial charge in [-0.15, -0.1) is 11.8 Å². The summed E-state index contributed by atoms with van der Waals surface area (Å²) in [6.45, 7) is 0. The van der Waals surface area contributed by atoms with Gasteiger partial charge in [0.2, 0.25) is 0 Å². The van der Waals surface area contributed by atoms with Crippen molar-refractivity contribution in [3.63, 3.8) is 0 Å². The van der Waals surface area contributed by atoms with Gasteiger partial charge >= 0.3 is 0 Å². The van der Waals surface area contributed by atoms with Gasteiger partial charge in [0.15, 0.2) is 5.96 Å². The minimum atomic E-state index is -0.289. The fourth-order valence-electron chi connectivity index (χ4n) is 2.50. The minimum Gasteiger partial charge on any atom is -0.370 e. The SMILES string of the molecule is NC(N)=NC(=O)C1Cc2c(cccc2-c2ccc(Cl)cc2)S1. The fraction of sp³-hybridized carbons (Fsp3) is 0.125. The Labute approximate surface area is 137 Å². The number of guanidine groups is 1. The predicted octanol–water partition coefficient (Wildman–Crippen LogP) is 2.82. The van der Waals surface area contributed by atoms with Crippen LogP contribution in [0.5, 0.6) is 0 Å². The molecule has 0 fully saturated rings. The van der Waals surface area contributed by atoms with Crippen molar-refractivity contribution in [1.82, 2.24) is 0 Å². The van der Waals surface area contributed by atoms with E-state index in [0.717, 1.165) is 21.6 Å². The maximum absolute atomic E-state index is 12.0. The van der Waals surface area contributed by atoms with E-state index in [4.69, 9.17) is 23.1 Å². The third-order valence-corrected chi connectivity index (χ3v) is 5.00. The molecule has 0 radical (unpaired) electrons. The number of nitrogens with zero attached hydrogens (tertiary/aromatic N) is 1. The highest BCUT2D eigenvalue weighted by atomic mass is 35.5. The topological polar surface area (TPSA) is 81.5 Å². The van der Waals surface area contributed by atoms with E-state index in [9.17, 15) is 4.79 Å². The molecule has 22 heavy (non-hydrogen) atoms. The summed E-state index contributed by atoms with van der Waals surface area (Å²) in [6, 6.07) is 13.7. The van der Waals surface area contributed by atoms with E-state index in [0.29, 0.717) is 11.4 Å². The Morgan fingerprint density at radius 1 is 1.18 bits per heavy atom. The summed E-state index contributed by atoms with van der Waals surface area (Å²) in [5.41, 5.74) is 13.9. The summed E-state index contributed by atoms with van der Waals surface area (Å²) in [4.78, 5) is 16.8. The predicted molar refractivity (Wildman–Crippen MR) is 91.1 cm³/mol. The van der Waals surface area contributed by atoms with Crippen LogP contribution in [0.2, 0.25) is 5.02 Å². The Morgan fingerprint density at radius 2 is 1.91 bits per heavy atom. The summed E-state index contributed by atoms with van der Waals surface area (Å²) >= 11 is 7.45. The molecular weight excluding hydrogens is 318 g/mol. The number of aliphatic imine (C=N–C) groups is 1. The van der Waals surface area contributed by atoms with Crippen molar-refractivity contribution < 1.29 is 4.79 Å². The Morgan fingerprint density at radius 3 is 2.59 bits per heavy atom.